The van der Waals surface area contributed by atoms with E-state index >= 15 is 0 Å². The van der Waals surface area contributed by atoms with Gasteiger partial charge in [0.15, 0.2) is 0 Å². The monoisotopic (exact) mass is 312 g/mol. The molecule has 0 saturated carbocycles. The van der Waals surface area contributed by atoms with Gasteiger partial charge in [0.1, 0.15) is 0 Å². The van der Waals surface area contributed by atoms with Gasteiger partial charge < -0.3 is 11.1 Å². The van der Waals surface area contributed by atoms with E-state index in [9.17, 15) is 4.79 Å². The van der Waals surface area contributed by atoms with Gasteiger partial charge in [-0.1, -0.05) is 34.1 Å². The number of nitrogens with one attached hydrogen (secondary N) is 1. The average molecular weight is 313 g/mol. The molecular formula is C14H21BrN2O. The Labute approximate surface area is 117 Å². The lowest BCUT2D eigenvalue weighted by atomic mass is 9.99. The van der Waals surface area contributed by atoms with Crippen LogP contribution in [0.5, 0.6) is 0 Å². The molecule has 1 rings (SSSR count). The molecule has 100 valence electrons. The van der Waals surface area contributed by atoms with Crippen LogP contribution in [0.1, 0.15) is 45.2 Å². The number of rotatable bonds is 5. The molecule has 1 aromatic rings. The fourth-order valence-corrected chi connectivity index (χ4v) is 2.28. The average Bonchev–Trinajstić information content (AvgIpc) is 2.26. The van der Waals surface area contributed by atoms with E-state index in [4.69, 9.17) is 5.73 Å². The largest absolute Gasteiger partial charge is 0.350 e. The molecule has 0 aromatic heterocycles. The van der Waals surface area contributed by atoms with Crippen LogP contribution in [0, 0.1) is 0 Å². The predicted molar refractivity (Wildman–Crippen MR) is 78.2 cm³/mol. The topological polar surface area (TPSA) is 55.1 Å². The lowest BCUT2D eigenvalue weighted by Gasteiger charge is -2.20. The van der Waals surface area contributed by atoms with Gasteiger partial charge in [0.05, 0.1) is 6.04 Å². The molecule has 3 N–H and O–H groups in total. The highest BCUT2D eigenvalue weighted by atomic mass is 79.9. The van der Waals surface area contributed by atoms with Crippen molar-refractivity contribution in [1.82, 2.24) is 5.32 Å². The smallest absolute Gasteiger partial charge is 0.220 e. The van der Waals surface area contributed by atoms with Crippen LogP contribution in [-0.4, -0.2) is 11.4 Å². The first kappa shape index (κ1) is 15.2. The third-order valence-corrected chi connectivity index (χ3v) is 3.47. The van der Waals surface area contributed by atoms with E-state index in [1.807, 2.05) is 45.0 Å². The van der Waals surface area contributed by atoms with Crippen LogP contribution in [0.2, 0.25) is 0 Å². The van der Waals surface area contributed by atoms with Crippen LogP contribution in [0.3, 0.4) is 0 Å². The number of nitrogens with two attached hydrogens (primary N) is 1. The zero-order chi connectivity index (χ0) is 13.8. The molecule has 1 atom stereocenters. The van der Waals surface area contributed by atoms with Crippen LogP contribution >= 0.6 is 15.9 Å². The van der Waals surface area contributed by atoms with Gasteiger partial charge >= 0.3 is 0 Å². The summed E-state index contributed by atoms with van der Waals surface area (Å²) in [5.74, 6) is 0.0387. The fourth-order valence-electron chi connectivity index (χ4n) is 1.65. The highest BCUT2D eigenvalue weighted by molar-refractivity contribution is 9.10. The number of hydrogen-bond donors (Lipinski definition) is 2. The molecule has 3 nitrogen and oxygen atoms in total. The normalized spacial score (nSPS) is 13.2. The second-order valence-corrected chi connectivity index (χ2v) is 6.15. The molecule has 0 aliphatic rings. The minimum Gasteiger partial charge on any atom is -0.350 e. The Balaban J connectivity index is 2.53. The number of hydrogen-bond acceptors (Lipinski definition) is 2. The first-order valence-electron chi connectivity index (χ1n) is 6.12. The van der Waals surface area contributed by atoms with Crippen LogP contribution in [-0.2, 0) is 4.79 Å². The Morgan fingerprint density at radius 2 is 2.06 bits per heavy atom. The summed E-state index contributed by atoms with van der Waals surface area (Å²) in [6.45, 7) is 5.83. The molecule has 0 fully saturated rings. The van der Waals surface area contributed by atoms with Gasteiger partial charge in [-0.15, -0.1) is 0 Å². The lowest BCUT2D eigenvalue weighted by molar-refractivity contribution is -0.122. The molecule has 1 amide bonds. The van der Waals surface area contributed by atoms with Gasteiger partial charge in [0.2, 0.25) is 5.91 Å². The van der Waals surface area contributed by atoms with Crippen molar-refractivity contribution in [3.63, 3.8) is 0 Å². The van der Waals surface area contributed by atoms with Crippen molar-refractivity contribution in [2.75, 3.05) is 0 Å². The molecule has 18 heavy (non-hydrogen) atoms. The first-order valence-corrected chi connectivity index (χ1v) is 6.91. The summed E-state index contributed by atoms with van der Waals surface area (Å²) >= 11 is 3.49. The maximum Gasteiger partial charge on any atom is 0.220 e. The number of carbonyl (C=O) groups is 1. The van der Waals surface area contributed by atoms with Crippen molar-refractivity contribution >= 4 is 21.8 Å². The zero-order valence-corrected chi connectivity index (χ0v) is 12.8. The molecule has 0 aliphatic heterocycles. The van der Waals surface area contributed by atoms with E-state index < -0.39 is 0 Å². The molecule has 0 aliphatic carbocycles. The summed E-state index contributed by atoms with van der Waals surface area (Å²) < 4.78 is 1.01. The molecular weight excluding hydrogens is 292 g/mol. The van der Waals surface area contributed by atoms with Crippen LogP contribution in [0.4, 0.5) is 0 Å². The molecule has 4 heteroatoms. The minimum atomic E-state index is -0.298. The summed E-state index contributed by atoms with van der Waals surface area (Å²) in [4.78, 5) is 11.8. The summed E-state index contributed by atoms with van der Waals surface area (Å²) in [5, 5.41) is 2.99. The van der Waals surface area contributed by atoms with Crippen LogP contribution in [0.25, 0.3) is 0 Å². The van der Waals surface area contributed by atoms with E-state index in [2.05, 4.69) is 21.2 Å². The van der Waals surface area contributed by atoms with E-state index in [1.54, 1.807) is 0 Å². The van der Waals surface area contributed by atoms with Crippen molar-refractivity contribution in [2.24, 2.45) is 5.73 Å². The van der Waals surface area contributed by atoms with Gasteiger partial charge in [-0.2, -0.15) is 0 Å². The van der Waals surface area contributed by atoms with Crippen LogP contribution < -0.4 is 11.1 Å². The Hall–Kier alpha value is -0.870. The van der Waals surface area contributed by atoms with Gasteiger partial charge in [-0.05, 0) is 38.8 Å². The van der Waals surface area contributed by atoms with E-state index in [1.165, 1.54) is 0 Å². The van der Waals surface area contributed by atoms with E-state index in [0.717, 1.165) is 10.0 Å². The number of benzene rings is 1. The molecule has 0 spiro atoms. The lowest BCUT2D eigenvalue weighted by Crippen LogP contribution is -2.35. The molecule has 1 aromatic carbocycles. The quantitative estimate of drug-likeness (QED) is 0.877. The number of amides is 1. The summed E-state index contributed by atoms with van der Waals surface area (Å²) in [6.07, 6.45) is 1.14. The van der Waals surface area contributed by atoms with Crippen LogP contribution in [0.15, 0.2) is 28.7 Å². The maximum atomic E-state index is 11.8. The second-order valence-electron chi connectivity index (χ2n) is 5.30. The van der Waals surface area contributed by atoms with E-state index in [-0.39, 0.29) is 17.5 Å². The van der Waals surface area contributed by atoms with Gasteiger partial charge in [-0.3, -0.25) is 4.79 Å². The Morgan fingerprint density at radius 3 is 2.61 bits per heavy atom. The van der Waals surface area contributed by atoms with Gasteiger partial charge in [0, 0.05) is 16.4 Å². The van der Waals surface area contributed by atoms with E-state index in [0.29, 0.717) is 12.8 Å². The predicted octanol–water partition coefficient (Wildman–Crippen LogP) is 3.14. The van der Waals surface area contributed by atoms with Crippen molar-refractivity contribution < 1.29 is 4.79 Å². The third-order valence-electron chi connectivity index (χ3n) is 2.75. The Kier molecular flexibility index (Phi) is 5.35. The molecule has 0 radical (unpaired) electrons. The summed E-state index contributed by atoms with van der Waals surface area (Å²) in [5.41, 5.74) is 6.65. The number of halogens is 1. The third kappa shape index (κ3) is 5.19. The maximum absolute atomic E-state index is 11.8. The summed E-state index contributed by atoms with van der Waals surface area (Å²) in [6, 6.07) is 7.89. The molecule has 0 heterocycles. The van der Waals surface area contributed by atoms with Gasteiger partial charge in [-0.25, -0.2) is 0 Å². The highest BCUT2D eigenvalue weighted by Crippen LogP contribution is 2.22. The van der Waals surface area contributed by atoms with Crippen molar-refractivity contribution in [3.05, 3.63) is 34.3 Å². The highest BCUT2D eigenvalue weighted by Gasteiger charge is 2.15. The van der Waals surface area contributed by atoms with Gasteiger partial charge in [0.25, 0.3) is 0 Å². The second kappa shape index (κ2) is 6.34. The van der Waals surface area contributed by atoms with Crippen molar-refractivity contribution in [3.8, 4) is 0 Å². The fraction of sp³-hybridized carbons (Fsp3) is 0.500. The first-order chi connectivity index (χ1) is 8.29. The Morgan fingerprint density at radius 1 is 1.44 bits per heavy atom. The molecule has 0 bridgehead atoms. The Bertz CT molecular complexity index is 413. The molecule has 1 unspecified atom stereocenters. The number of carbonyl (C=O) groups excluding carboxylic acids is 1. The SMILES string of the molecule is CC(NC(=O)CCC(C)(C)N)c1ccccc1Br. The minimum absolute atomic E-state index is 0.00559. The van der Waals surface area contributed by atoms with Crippen molar-refractivity contribution in [1.29, 1.82) is 0 Å². The summed E-state index contributed by atoms with van der Waals surface area (Å²) in [7, 11) is 0. The zero-order valence-electron chi connectivity index (χ0n) is 11.2. The standard InChI is InChI=1S/C14H21BrN2O/c1-10(11-6-4-5-7-12(11)15)17-13(18)8-9-14(2,3)16/h4-7,10H,8-9,16H2,1-3H3,(H,17,18). The van der Waals surface area contributed by atoms with Crippen molar-refractivity contribution in [2.45, 2.75) is 45.2 Å². The molecule has 0 saturated heterocycles.